The van der Waals surface area contributed by atoms with Crippen molar-refractivity contribution in [3.8, 4) is 0 Å². The molecule has 0 fully saturated rings. The summed E-state index contributed by atoms with van der Waals surface area (Å²) < 4.78 is 1.89. The molecule has 0 saturated carbocycles. The lowest BCUT2D eigenvalue weighted by Gasteiger charge is -2.20. The first kappa shape index (κ1) is 18.8. The molecule has 0 aliphatic rings. The fraction of sp³-hybridized carbons (Fsp3) is 0.130. The van der Waals surface area contributed by atoms with Crippen molar-refractivity contribution < 1.29 is 4.79 Å². The van der Waals surface area contributed by atoms with Gasteiger partial charge in [-0.15, -0.1) is 0 Å². The number of anilines is 1. The van der Waals surface area contributed by atoms with E-state index in [2.05, 4.69) is 35.0 Å². The summed E-state index contributed by atoms with van der Waals surface area (Å²) >= 11 is 5.07. The molecule has 0 N–H and O–H groups in total. The highest BCUT2D eigenvalue weighted by molar-refractivity contribution is 9.10. The minimum Gasteiger partial charge on any atom is -0.279 e. The van der Waals surface area contributed by atoms with E-state index in [1.54, 1.807) is 16.2 Å². The fourth-order valence-electron chi connectivity index (χ4n) is 3.06. The van der Waals surface area contributed by atoms with E-state index < -0.39 is 0 Å². The van der Waals surface area contributed by atoms with Gasteiger partial charge in [-0.3, -0.25) is 9.69 Å². The summed E-state index contributed by atoms with van der Waals surface area (Å²) in [6.07, 6.45) is 0.979. The number of benzene rings is 3. The Labute approximate surface area is 176 Å². The quantitative estimate of drug-likeness (QED) is 0.349. The van der Waals surface area contributed by atoms with Gasteiger partial charge >= 0.3 is 0 Å². The van der Waals surface area contributed by atoms with Crippen molar-refractivity contribution in [3.63, 3.8) is 0 Å². The molecule has 0 atom stereocenters. The summed E-state index contributed by atoms with van der Waals surface area (Å²) in [4.78, 5) is 20.0. The number of carbonyl (C=O) groups is 1. The minimum absolute atomic E-state index is 0.0638. The van der Waals surface area contributed by atoms with Crippen molar-refractivity contribution in [3.05, 3.63) is 94.0 Å². The maximum Gasteiger partial charge on any atom is 0.261 e. The van der Waals surface area contributed by atoms with Crippen molar-refractivity contribution in [2.75, 3.05) is 4.90 Å². The highest BCUT2D eigenvalue weighted by atomic mass is 79.9. The normalized spacial score (nSPS) is 10.9. The average Bonchev–Trinajstić information content (AvgIpc) is 3.15. The van der Waals surface area contributed by atoms with Crippen molar-refractivity contribution in [2.45, 2.75) is 19.9 Å². The molecule has 0 bridgehead atoms. The van der Waals surface area contributed by atoms with Gasteiger partial charge in [-0.25, -0.2) is 4.98 Å². The smallest absolute Gasteiger partial charge is 0.261 e. The minimum atomic E-state index is -0.0638. The second-order valence-electron chi connectivity index (χ2n) is 6.51. The molecule has 0 saturated heterocycles. The number of rotatable bonds is 5. The number of halogens is 1. The van der Waals surface area contributed by atoms with Gasteiger partial charge in [0, 0.05) is 4.47 Å². The maximum absolute atomic E-state index is 13.4. The van der Waals surface area contributed by atoms with Gasteiger partial charge in [0.25, 0.3) is 5.91 Å². The Kier molecular flexibility index (Phi) is 5.55. The molecule has 1 amide bonds. The Morgan fingerprint density at radius 2 is 1.75 bits per heavy atom. The van der Waals surface area contributed by atoms with Crippen LogP contribution in [-0.4, -0.2) is 10.9 Å². The monoisotopic (exact) mass is 450 g/mol. The van der Waals surface area contributed by atoms with Crippen LogP contribution < -0.4 is 4.90 Å². The Morgan fingerprint density at radius 1 is 1.00 bits per heavy atom. The Hall–Kier alpha value is -2.50. The maximum atomic E-state index is 13.4. The van der Waals surface area contributed by atoms with E-state index in [4.69, 9.17) is 4.98 Å². The topological polar surface area (TPSA) is 33.2 Å². The van der Waals surface area contributed by atoms with Gasteiger partial charge in [0.1, 0.15) is 0 Å². The van der Waals surface area contributed by atoms with Crippen LogP contribution in [0.25, 0.3) is 10.2 Å². The van der Waals surface area contributed by atoms with Gasteiger partial charge in [-0.05, 0) is 57.7 Å². The molecular formula is C23H19BrN2OS. The van der Waals surface area contributed by atoms with Crippen LogP contribution in [0.2, 0.25) is 0 Å². The zero-order valence-electron chi connectivity index (χ0n) is 15.4. The summed E-state index contributed by atoms with van der Waals surface area (Å²) in [7, 11) is 0. The van der Waals surface area contributed by atoms with Gasteiger partial charge < -0.3 is 0 Å². The summed E-state index contributed by atoms with van der Waals surface area (Å²) in [5.41, 5.74) is 3.90. The molecular weight excluding hydrogens is 432 g/mol. The molecule has 0 aliphatic carbocycles. The number of thiazole rings is 1. The first-order valence-corrected chi connectivity index (χ1v) is 10.8. The third kappa shape index (κ3) is 3.86. The van der Waals surface area contributed by atoms with Crippen molar-refractivity contribution in [1.29, 1.82) is 0 Å². The van der Waals surface area contributed by atoms with Crippen LogP contribution >= 0.6 is 27.3 Å². The van der Waals surface area contributed by atoms with Crippen LogP contribution in [0.1, 0.15) is 28.4 Å². The summed E-state index contributed by atoms with van der Waals surface area (Å²) in [5, 5.41) is 0.716. The molecule has 1 aromatic heterocycles. The molecule has 140 valence electrons. The molecule has 28 heavy (non-hydrogen) atoms. The Morgan fingerprint density at radius 3 is 2.50 bits per heavy atom. The second kappa shape index (κ2) is 8.25. The molecule has 0 spiro atoms. The fourth-order valence-corrected chi connectivity index (χ4v) is 4.55. The van der Waals surface area contributed by atoms with E-state index in [0.29, 0.717) is 17.2 Å². The number of nitrogens with zero attached hydrogens (tertiary/aromatic N) is 2. The van der Waals surface area contributed by atoms with Crippen molar-refractivity contribution in [2.24, 2.45) is 0 Å². The Bertz CT molecular complexity index is 1120. The van der Waals surface area contributed by atoms with E-state index in [-0.39, 0.29) is 5.91 Å². The largest absolute Gasteiger partial charge is 0.279 e. The third-order valence-electron chi connectivity index (χ3n) is 4.61. The SMILES string of the molecule is CCc1ccc2nc(N(Cc3ccccc3)C(=O)c3ccccc3Br)sc2c1. The van der Waals surface area contributed by atoms with E-state index in [1.807, 2.05) is 60.7 Å². The molecule has 4 aromatic rings. The summed E-state index contributed by atoms with van der Waals surface area (Å²) in [6.45, 7) is 2.61. The number of fused-ring (bicyclic) bond motifs is 1. The van der Waals surface area contributed by atoms with Gasteiger partial charge in [-0.1, -0.05) is 66.8 Å². The summed E-state index contributed by atoms with van der Waals surface area (Å²) in [5.74, 6) is -0.0638. The summed E-state index contributed by atoms with van der Waals surface area (Å²) in [6, 6.07) is 23.8. The number of hydrogen-bond acceptors (Lipinski definition) is 3. The molecule has 0 aliphatic heterocycles. The van der Waals surface area contributed by atoms with Crippen LogP contribution in [0.15, 0.2) is 77.3 Å². The van der Waals surface area contributed by atoms with Crippen molar-refractivity contribution >= 4 is 48.5 Å². The number of carbonyl (C=O) groups excluding carboxylic acids is 1. The van der Waals surface area contributed by atoms with E-state index in [0.717, 1.165) is 26.7 Å². The van der Waals surface area contributed by atoms with Crippen molar-refractivity contribution in [1.82, 2.24) is 4.98 Å². The van der Waals surface area contributed by atoms with Gasteiger partial charge in [0.2, 0.25) is 0 Å². The molecule has 0 radical (unpaired) electrons. The van der Waals surface area contributed by atoms with E-state index in [9.17, 15) is 4.79 Å². The highest BCUT2D eigenvalue weighted by Gasteiger charge is 2.23. The second-order valence-corrected chi connectivity index (χ2v) is 8.37. The lowest BCUT2D eigenvalue weighted by Crippen LogP contribution is -2.30. The van der Waals surface area contributed by atoms with Gasteiger partial charge in [0.05, 0.1) is 22.3 Å². The predicted octanol–water partition coefficient (Wildman–Crippen LogP) is 6.47. The lowest BCUT2D eigenvalue weighted by atomic mass is 10.1. The standard InChI is InChI=1S/C23H19BrN2OS/c1-2-16-12-13-20-21(14-16)28-23(25-20)26(15-17-8-4-3-5-9-17)22(27)18-10-6-7-11-19(18)24/h3-14H,2,15H2,1H3. The molecule has 4 rings (SSSR count). The number of aromatic nitrogens is 1. The molecule has 1 heterocycles. The average molecular weight is 451 g/mol. The van der Waals surface area contributed by atoms with Crippen LogP contribution in [0, 0.1) is 0 Å². The zero-order valence-corrected chi connectivity index (χ0v) is 17.8. The van der Waals surface area contributed by atoms with E-state index >= 15 is 0 Å². The highest BCUT2D eigenvalue weighted by Crippen LogP contribution is 2.32. The molecule has 5 heteroatoms. The van der Waals surface area contributed by atoms with Crippen LogP contribution in [0.5, 0.6) is 0 Å². The first-order chi connectivity index (χ1) is 13.7. The lowest BCUT2D eigenvalue weighted by molar-refractivity contribution is 0.0984. The van der Waals surface area contributed by atoms with Crippen LogP contribution in [-0.2, 0) is 13.0 Å². The first-order valence-electron chi connectivity index (χ1n) is 9.15. The molecule has 0 unspecified atom stereocenters. The van der Waals surface area contributed by atoms with Gasteiger partial charge in [-0.2, -0.15) is 0 Å². The van der Waals surface area contributed by atoms with Gasteiger partial charge in [0.15, 0.2) is 5.13 Å². The van der Waals surface area contributed by atoms with Crippen LogP contribution in [0.4, 0.5) is 5.13 Å². The Balaban J connectivity index is 1.78. The number of amides is 1. The zero-order chi connectivity index (χ0) is 19.5. The van der Waals surface area contributed by atoms with Crippen LogP contribution in [0.3, 0.4) is 0 Å². The molecule has 3 aromatic carbocycles. The molecule has 3 nitrogen and oxygen atoms in total. The third-order valence-corrected chi connectivity index (χ3v) is 6.35. The number of aryl methyl sites for hydroxylation is 1. The predicted molar refractivity (Wildman–Crippen MR) is 120 cm³/mol. The number of hydrogen-bond donors (Lipinski definition) is 0. The van der Waals surface area contributed by atoms with E-state index in [1.165, 1.54) is 5.56 Å².